The number of hydrogen-bond acceptors (Lipinski definition) is 3. The molecular formula is C12H11BrN2O. The minimum atomic E-state index is 0.286. The van der Waals surface area contributed by atoms with E-state index in [1.807, 2.05) is 18.2 Å². The predicted octanol–water partition coefficient (Wildman–Crippen LogP) is 3.16. The van der Waals surface area contributed by atoms with Crippen LogP contribution in [-0.2, 0) is 6.54 Å². The van der Waals surface area contributed by atoms with Gasteiger partial charge in [-0.1, -0.05) is 12.1 Å². The molecule has 3 nitrogen and oxygen atoms in total. The van der Waals surface area contributed by atoms with Crippen molar-refractivity contribution in [1.29, 1.82) is 0 Å². The first-order valence-corrected chi connectivity index (χ1v) is 5.66. The van der Waals surface area contributed by atoms with Crippen LogP contribution in [0.5, 0.6) is 5.75 Å². The number of anilines is 1. The topological polar surface area (TPSA) is 45.1 Å². The largest absolute Gasteiger partial charge is 0.508 e. The molecule has 0 unspecified atom stereocenters. The highest BCUT2D eigenvalue weighted by Gasteiger charge is 1.98. The molecule has 0 spiro atoms. The Morgan fingerprint density at radius 3 is 2.62 bits per heavy atom. The average Bonchev–Trinajstić information content (AvgIpc) is 2.30. The highest BCUT2D eigenvalue weighted by molar-refractivity contribution is 9.10. The molecule has 0 aliphatic carbocycles. The Labute approximate surface area is 102 Å². The van der Waals surface area contributed by atoms with E-state index in [1.165, 1.54) is 0 Å². The van der Waals surface area contributed by atoms with Crippen molar-refractivity contribution < 1.29 is 5.11 Å². The van der Waals surface area contributed by atoms with Gasteiger partial charge in [-0.3, -0.25) is 4.98 Å². The molecule has 0 bridgehead atoms. The van der Waals surface area contributed by atoms with Crippen molar-refractivity contribution >= 4 is 21.6 Å². The van der Waals surface area contributed by atoms with Crippen LogP contribution in [0, 0.1) is 0 Å². The summed E-state index contributed by atoms with van der Waals surface area (Å²) in [6, 6.07) is 9.04. The normalized spacial score (nSPS) is 10.1. The molecule has 2 N–H and O–H groups in total. The molecule has 2 aromatic rings. The molecule has 1 aromatic heterocycles. The van der Waals surface area contributed by atoms with E-state index in [1.54, 1.807) is 24.5 Å². The number of phenols is 1. The number of phenolic OH excluding ortho intramolecular Hbond substituents is 1. The standard InChI is InChI=1S/C12H11BrN2O/c13-11-8-14-6-5-12(11)15-7-9-1-3-10(16)4-2-9/h1-6,8,16H,7H2,(H,14,15). The van der Waals surface area contributed by atoms with Crippen LogP contribution in [0.2, 0.25) is 0 Å². The van der Waals surface area contributed by atoms with Crippen molar-refractivity contribution in [3.8, 4) is 5.75 Å². The molecule has 0 saturated heterocycles. The van der Waals surface area contributed by atoms with E-state index in [9.17, 15) is 0 Å². The van der Waals surface area contributed by atoms with Gasteiger partial charge < -0.3 is 10.4 Å². The lowest BCUT2D eigenvalue weighted by molar-refractivity contribution is 0.475. The molecule has 0 amide bonds. The Bertz CT molecular complexity index is 471. The van der Waals surface area contributed by atoms with Crippen molar-refractivity contribution in [2.24, 2.45) is 0 Å². The SMILES string of the molecule is Oc1ccc(CNc2ccncc2Br)cc1. The van der Waals surface area contributed by atoms with Crippen LogP contribution in [0.4, 0.5) is 5.69 Å². The molecule has 0 saturated carbocycles. The minimum Gasteiger partial charge on any atom is -0.508 e. The molecule has 0 fully saturated rings. The maximum Gasteiger partial charge on any atom is 0.115 e. The smallest absolute Gasteiger partial charge is 0.115 e. The molecular weight excluding hydrogens is 268 g/mol. The Morgan fingerprint density at radius 2 is 1.94 bits per heavy atom. The van der Waals surface area contributed by atoms with Crippen molar-refractivity contribution in [2.45, 2.75) is 6.54 Å². The van der Waals surface area contributed by atoms with E-state index in [0.29, 0.717) is 6.54 Å². The monoisotopic (exact) mass is 278 g/mol. The summed E-state index contributed by atoms with van der Waals surface area (Å²) >= 11 is 3.42. The lowest BCUT2D eigenvalue weighted by Gasteiger charge is -2.07. The van der Waals surface area contributed by atoms with Gasteiger partial charge >= 0.3 is 0 Å². The Kier molecular flexibility index (Phi) is 3.41. The minimum absolute atomic E-state index is 0.286. The summed E-state index contributed by atoms with van der Waals surface area (Å²) in [7, 11) is 0. The highest BCUT2D eigenvalue weighted by Crippen LogP contribution is 2.20. The van der Waals surface area contributed by atoms with Crippen molar-refractivity contribution in [3.63, 3.8) is 0 Å². The first kappa shape index (κ1) is 11.0. The van der Waals surface area contributed by atoms with E-state index in [-0.39, 0.29) is 5.75 Å². The van der Waals surface area contributed by atoms with Crippen LogP contribution in [0.1, 0.15) is 5.56 Å². The number of aromatic nitrogens is 1. The number of nitrogens with one attached hydrogen (secondary N) is 1. The lowest BCUT2D eigenvalue weighted by atomic mass is 10.2. The predicted molar refractivity (Wildman–Crippen MR) is 67.4 cm³/mol. The fourth-order valence-electron chi connectivity index (χ4n) is 1.33. The maximum absolute atomic E-state index is 9.15. The summed E-state index contributed by atoms with van der Waals surface area (Å²) in [6.45, 7) is 0.711. The molecule has 0 aliphatic heterocycles. The summed E-state index contributed by atoms with van der Waals surface area (Å²) in [5.74, 6) is 0.286. The van der Waals surface area contributed by atoms with Crippen LogP contribution in [0.15, 0.2) is 47.2 Å². The third kappa shape index (κ3) is 2.73. The summed E-state index contributed by atoms with van der Waals surface area (Å²) in [5, 5.41) is 12.4. The number of pyridine rings is 1. The number of nitrogens with zero attached hydrogens (tertiary/aromatic N) is 1. The van der Waals surface area contributed by atoms with E-state index >= 15 is 0 Å². The van der Waals surface area contributed by atoms with Gasteiger partial charge in [0.05, 0.1) is 10.2 Å². The Hall–Kier alpha value is -1.55. The molecule has 0 aliphatic rings. The molecule has 0 radical (unpaired) electrons. The van der Waals surface area contributed by atoms with Gasteiger partial charge in [0.2, 0.25) is 0 Å². The van der Waals surface area contributed by atoms with Crippen molar-refractivity contribution in [1.82, 2.24) is 4.98 Å². The summed E-state index contributed by atoms with van der Waals surface area (Å²) < 4.78 is 0.939. The number of rotatable bonds is 3. The van der Waals surface area contributed by atoms with Crippen molar-refractivity contribution in [3.05, 3.63) is 52.8 Å². The second kappa shape index (κ2) is 4.99. The summed E-state index contributed by atoms with van der Waals surface area (Å²) in [4.78, 5) is 3.99. The van der Waals surface area contributed by atoms with Crippen LogP contribution in [0.3, 0.4) is 0 Å². The van der Waals surface area contributed by atoms with Gasteiger partial charge in [-0.25, -0.2) is 0 Å². The number of benzene rings is 1. The molecule has 1 aromatic carbocycles. The van der Waals surface area contributed by atoms with E-state index in [2.05, 4.69) is 26.2 Å². The van der Waals surface area contributed by atoms with Crippen LogP contribution >= 0.6 is 15.9 Å². The van der Waals surface area contributed by atoms with Gasteiger partial charge in [0.1, 0.15) is 5.75 Å². The second-order valence-electron chi connectivity index (χ2n) is 3.38. The van der Waals surface area contributed by atoms with E-state index in [4.69, 9.17) is 5.11 Å². The average molecular weight is 279 g/mol. The van der Waals surface area contributed by atoms with E-state index in [0.717, 1.165) is 15.7 Å². The van der Waals surface area contributed by atoms with Gasteiger partial charge in [-0.15, -0.1) is 0 Å². The fraction of sp³-hybridized carbons (Fsp3) is 0.0833. The van der Waals surface area contributed by atoms with Gasteiger partial charge in [0.25, 0.3) is 0 Å². The molecule has 0 atom stereocenters. The van der Waals surface area contributed by atoms with E-state index < -0.39 is 0 Å². The second-order valence-corrected chi connectivity index (χ2v) is 4.23. The van der Waals surface area contributed by atoms with Crippen molar-refractivity contribution in [2.75, 3.05) is 5.32 Å². The van der Waals surface area contributed by atoms with Crippen LogP contribution < -0.4 is 5.32 Å². The number of aromatic hydroxyl groups is 1. The lowest BCUT2D eigenvalue weighted by Crippen LogP contribution is -1.99. The summed E-state index contributed by atoms with van der Waals surface area (Å²) in [5.41, 5.74) is 2.12. The highest BCUT2D eigenvalue weighted by atomic mass is 79.9. The number of halogens is 1. The third-order valence-corrected chi connectivity index (χ3v) is 2.82. The zero-order valence-corrected chi connectivity index (χ0v) is 10.1. The molecule has 16 heavy (non-hydrogen) atoms. The molecule has 82 valence electrons. The Morgan fingerprint density at radius 1 is 1.19 bits per heavy atom. The first-order chi connectivity index (χ1) is 7.75. The Balaban J connectivity index is 2.02. The van der Waals surface area contributed by atoms with Crippen LogP contribution in [-0.4, -0.2) is 10.1 Å². The quantitative estimate of drug-likeness (QED) is 0.907. The van der Waals surface area contributed by atoms with Gasteiger partial charge in [0.15, 0.2) is 0 Å². The van der Waals surface area contributed by atoms with Crippen LogP contribution in [0.25, 0.3) is 0 Å². The molecule has 2 rings (SSSR count). The third-order valence-electron chi connectivity index (χ3n) is 2.19. The van der Waals surface area contributed by atoms with Gasteiger partial charge in [-0.2, -0.15) is 0 Å². The molecule has 4 heteroatoms. The fourth-order valence-corrected chi connectivity index (χ4v) is 1.72. The summed E-state index contributed by atoms with van der Waals surface area (Å²) in [6.07, 6.45) is 3.49. The maximum atomic E-state index is 9.15. The molecule has 1 heterocycles. The van der Waals surface area contributed by atoms with Gasteiger partial charge in [-0.05, 0) is 39.7 Å². The first-order valence-electron chi connectivity index (χ1n) is 4.87. The number of hydrogen-bond donors (Lipinski definition) is 2. The van der Waals surface area contributed by atoms with Gasteiger partial charge in [0, 0.05) is 18.9 Å². The zero-order chi connectivity index (χ0) is 11.4. The zero-order valence-electron chi connectivity index (χ0n) is 8.52.